The number of hydrogen-bond acceptors (Lipinski definition) is 3. The molecule has 0 aromatic heterocycles. The lowest BCUT2D eigenvalue weighted by Gasteiger charge is -2.43. The molecule has 2 aliphatic carbocycles. The lowest BCUT2D eigenvalue weighted by atomic mass is 9.87. The Kier molecular flexibility index (Phi) is 6.79. The third-order valence-electron chi connectivity index (χ3n) is 6.58. The molecule has 1 heterocycles. The molecule has 1 saturated heterocycles. The Balaban J connectivity index is 1.52. The van der Waals surface area contributed by atoms with Gasteiger partial charge in [-0.2, -0.15) is 0 Å². The normalized spacial score (nSPS) is 32.1. The van der Waals surface area contributed by atoms with E-state index in [9.17, 15) is 5.11 Å². The largest absolute Gasteiger partial charge is 0.396 e. The van der Waals surface area contributed by atoms with Crippen LogP contribution in [0.15, 0.2) is 0 Å². The maximum atomic E-state index is 9.40. The van der Waals surface area contributed by atoms with Gasteiger partial charge in [0.1, 0.15) is 0 Å². The van der Waals surface area contributed by atoms with Crippen LogP contribution in [0.3, 0.4) is 0 Å². The van der Waals surface area contributed by atoms with E-state index in [0.717, 1.165) is 24.3 Å². The van der Waals surface area contributed by atoms with E-state index in [1.165, 1.54) is 77.4 Å². The number of nitrogens with one attached hydrogen (secondary N) is 1. The highest BCUT2D eigenvalue weighted by atomic mass is 16.3. The summed E-state index contributed by atoms with van der Waals surface area (Å²) in [6.07, 6.45) is 13.6. The molecule has 0 amide bonds. The van der Waals surface area contributed by atoms with Crippen molar-refractivity contribution in [2.24, 2.45) is 17.8 Å². The van der Waals surface area contributed by atoms with Gasteiger partial charge in [-0.25, -0.2) is 0 Å². The van der Waals surface area contributed by atoms with Crippen molar-refractivity contribution < 1.29 is 5.11 Å². The van der Waals surface area contributed by atoms with Gasteiger partial charge in [0, 0.05) is 31.8 Å². The topological polar surface area (TPSA) is 35.5 Å². The van der Waals surface area contributed by atoms with E-state index < -0.39 is 0 Å². The van der Waals surface area contributed by atoms with Crippen LogP contribution in [0.25, 0.3) is 0 Å². The Labute approximate surface area is 143 Å². The minimum Gasteiger partial charge on any atom is -0.396 e. The fourth-order valence-corrected chi connectivity index (χ4v) is 5.15. The standard InChI is InChI=1S/C20H38N2O/c1-2-20(18-8-9-18)22-14-17(10-11-23)12-19(15-22)21-13-16-6-4-3-5-7-16/h16-21,23H,2-15H2,1H3. The zero-order chi connectivity index (χ0) is 16.1. The van der Waals surface area contributed by atoms with Crippen molar-refractivity contribution in [2.75, 3.05) is 26.2 Å². The highest BCUT2D eigenvalue weighted by Crippen LogP contribution is 2.38. The van der Waals surface area contributed by atoms with Crippen LogP contribution in [-0.2, 0) is 0 Å². The van der Waals surface area contributed by atoms with Crippen LogP contribution in [0, 0.1) is 17.8 Å². The van der Waals surface area contributed by atoms with Crippen LogP contribution < -0.4 is 5.32 Å². The molecule has 3 heteroatoms. The fourth-order valence-electron chi connectivity index (χ4n) is 5.15. The lowest BCUT2D eigenvalue weighted by molar-refractivity contribution is 0.0714. The van der Waals surface area contributed by atoms with Crippen molar-refractivity contribution in [2.45, 2.75) is 83.2 Å². The Morgan fingerprint density at radius 2 is 1.83 bits per heavy atom. The highest BCUT2D eigenvalue weighted by molar-refractivity contribution is 4.93. The molecule has 3 unspecified atom stereocenters. The van der Waals surface area contributed by atoms with E-state index in [4.69, 9.17) is 0 Å². The molecule has 0 spiro atoms. The van der Waals surface area contributed by atoms with Crippen molar-refractivity contribution in [3.05, 3.63) is 0 Å². The molecule has 1 aliphatic heterocycles. The molecular formula is C20H38N2O. The van der Waals surface area contributed by atoms with Gasteiger partial charge in [-0.3, -0.25) is 4.90 Å². The molecule has 2 saturated carbocycles. The first-order valence-corrected chi connectivity index (χ1v) is 10.4. The van der Waals surface area contributed by atoms with Crippen molar-refractivity contribution in [3.8, 4) is 0 Å². The zero-order valence-corrected chi connectivity index (χ0v) is 15.2. The van der Waals surface area contributed by atoms with Crippen LogP contribution in [0.4, 0.5) is 0 Å². The van der Waals surface area contributed by atoms with E-state index >= 15 is 0 Å². The molecule has 0 aromatic rings. The summed E-state index contributed by atoms with van der Waals surface area (Å²) in [4.78, 5) is 2.78. The van der Waals surface area contributed by atoms with Gasteiger partial charge in [-0.05, 0) is 69.2 Å². The van der Waals surface area contributed by atoms with Gasteiger partial charge in [0.2, 0.25) is 0 Å². The summed E-state index contributed by atoms with van der Waals surface area (Å²) in [5, 5.41) is 13.3. The Morgan fingerprint density at radius 1 is 1.04 bits per heavy atom. The molecule has 3 rings (SSSR count). The van der Waals surface area contributed by atoms with Crippen molar-refractivity contribution >= 4 is 0 Å². The van der Waals surface area contributed by atoms with E-state index in [0.29, 0.717) is 18.6 Å². The molecule has 0 radical (unpaired) electrons. The fraction of sp³-hybridized carbons (Fsp3) is 1.00. The quantitative estimate of drug-likeness (QED) is 0.719. The molecule has 3 aliphatic rings. The van der Waals surface area contributed by atoms with E-state index in [1.807, 2.05) is 0 Å². The van der Waals surface area contributed by atoms with Gasteiger partial charge in [0.15, 0.2) is 0 Å². The predicted octanol–water partition coefficient (Wildman–Crippen LogP) is 3.42. The number of likely N-dealkylation sites (tertiary alicyclic amines) is 1. The lowest BCUT2D eigenvalue weighted by Crippen LogP contribution is -2.54. The summed E-state index contributed by atoms with van der Waals surface area (Å²) < 4.78 is 0. The molecule has 3 nitrogen and oxygen atoms in total. The highest BCUT2D eigenvalue weighted by Gasteiger charge is 2.38. The molecule has 0 aromatic carbocycles. The Bertz CT molecular complexity index is 339. The minimum absolute atomic E-state index is 0.355. The Morgan fingerprint density at radius 3 is 2.48 bits per heavy atom. The average Bonchev–Trinajstić information content (AvgIpc) is 3.40. The number of aliphatic hydroxyl groups excluding tert-OH is 1. The number of piperidine rings is 1. The molecule has 23 heavy (non-hydrogen) atoms. The SMILES string of the molecule is CCC(C1CC1)N1CC(CCO)CC(NCC2CCCCC2)C1. The van der Waals surface area contributed by atoms with E-state index in [1.54, 1.807) is 0 Å². The van der Waals surface area contributed by atoms with Crippen LogP contribution in [0.1, 0.15) is 71.1 Å². The molecule has 3 atom stereocenters. The first-order chi connectivity index (χ1) is 11.3. The van der Waals surface area contributed by atoms with Crippen LogP contribution in [0.2, 0.25) is 0 Å². The van der Waals surface area contributed by atoms with Gasteiger partial charge in [0.25, 0.3) is 0 Å². The van der Waals surface area contributed by atoms with Crippen LogP contribution >= 0.6 is 0 Å². The van der Waals surface area contributed by atoms with Gasteiger partial charge < -0.3 is 10.4 Å². The summed E-state index contributed by atoms with van der Waals surface area (Å²) >= 11 is 0. The number of aliphatic hydroxyl groups is 1. The molecule has 3 fully saturated rings. The van der Waals surface area contributed by atoms with E-state index in [-0.39, 0.29) is 0 Å². The van der Waals surface area contributed by atoms with Crippen LogP contribution in [-0.4, -0.2) is 48.3 Å². The van der Waals surface area contributed by atoms with Crippen molar-refractivity contribution in [3.63, 3.8) is 0 Å². The Hall–Kier alpha value is -0.120. The second kappa shape index (κ2) is 8.82. The molecule has 134 valence electrons. The average molecular weight is 323 g/mol. The maximum Gasteiger partial charge on any atom is 0.0434 e. The van der Waals surface area contributed by atoms with Gasteiger partial charge in [-0.1, -0.05) is 26.2 Å². The maximum absolute atomic E-state index is 9.40. The second-order valence-electron chi connectivity index (χ2n) is 8.49. The summed E-state index contributed by atoms with van der Waals surface area (Å²) in [7, 11) is 0. The van der Waals surface area contributed by atoms with Gasteiger partial charge >= 0.3 is 0 Å². The molecule has 2 N–H and O–H groups in total. The first kappa shape index (κ1) is 17.7. The summed E-state index contributed by atoms with van der Waals surface area (Å²) in [5.41, 5.74) is 0. The minimum atomic E-state index is 0.355. The smallest absolute Gasteiger partial charge is 0.0434 e. The molecule has 0 bridgehead atoms. The summed E-state index contributed by atoms with van der Waals surface area (Å²) in [6, 6.07) is 1.45. The molecular weight excluding hydrogens is 284 g/mol. The zero-order valence-electron chi connectivity index (χ0n) is 15.2. The summed E-state index contributed by atoms with van der Waals surface area (Å²) in [6.45, 7) is 6.41. The van der Waals surface area contributed by atoms with Crippen molar-refractivity contribution in [1.29, 1.82) is 0 Å². The van der Waals surface area contributed by atoms with E-state index in [2.05, 4.69) is 17.1 Å². The third-order valence-corrected chi connectivity index (χ3v) is 6.58. The second-order valence-corrected chi connectivity index (χ2v) is 8.49. The third kappa shape index (κ3) is 5.17. The number of nitrogens with zero attached hydrogens (tertiary/aromatic N) is 1. The van der Waals surface area contributed by atoms with Crippen molar-refractivity contribution in [1.82, 2.24) is 10.2 Å². The monoisotopic (exact) mass is 322 g/mol. The van der Waals surface area contributed by atoms with Gasteiger partial charge in [-0.15, -0.1) is 0 Å². The predicted molar refractivity (Wildman–Crippen MR) is 96.6 cm³/mol. The number of hydrogen-bond donors (Lipinski definition) is 2. The number of rotatable bonds is 8. The van der Waals surface area contributed by atoms with Crippen LogP contribution in [0.5, 0.6) is 0 Å². The van der Waals surface area contributed by atoms with Gasteiger partial charge in [0.05, 0.1) is 0 Å². The summed E-state index contributed by atoms with van der Waals surface area (Å²) in [5.74, 6) is 2.57. The first-order valence-electron chi connectivity index (χ1n) is 10.4.